The summed E-state index contributed by atoms with van der Waals surface area (Å²) in [4.78, 5) is 0. The van der Waals surface area contributed by atoms with Crippen molar-refractivity contribution in [3.05, 3.63) is 36.0 Å². The predicted molar refractivity (Wildman–Crippen MR) is 105 cm³/mol. The van der Waals surface area contributed by atoms with Crippen LogP contribution in [-0.2, 0) is 0 Å². The zero-order chi connectivity index (χ0) is 18.0. The second-order valence-corrected chi connectivity index (χ2v) is 9.86. The molecule has 0 radical (unpaired) electrons. The second kappa shape index (κ2) is 5.84. The average Bonchev–Trinajstić information content (AvgIpc) is 2.86. The van der Waals surface area contributed by atoms with Gasteiger partial charge in [0, 0.05) is 5.41 Å². The molecule has 0 aliphatic heterocycles. The molecule has 7 atom stereocenters. The molecule has 0 heterocycles. The molecule has 3 saturated carbocycles. The van der Waals surface area contributed by atoms with Crippen molar-refractivity contribution in [2.45, 2.75) is 77.7 Å². The zero-order valence-corrected chi connectivity index (χ0v) is 16.5. The maximum atomic E-state index is 11.6. The van der Waals surface area contributed by atoms with E-state index in [4.69, 9.17) is 0 Å². The molecular formula is C24H36O. The fourth-order valence-corrected chi connectivity index (χ4v) is 7.58. The van der Waals surface area contributed by atoms with E-state index in [-0.39, 0.29) is 5.41 Å². The van der Waals surface area contributed by atoms with E-state index in [2.05, 4.69) is 40.0 Å². The van der Waals surface area contributed by atoms with E-state index in [1.807, 2.05) is 0 Å². The molecule has 0 amide bonds. The molecule has 25 heavy (non-hydrogen) atoms. The van der Waals surface area contributed by atoms with Crippen molar-refractivity contribution in [1.82, 2.24) is 0 Å². The minimum atomic E-state index is -0.631. The molecule has 1 N–H and O–H groups in total. The Hall–Kier alpha value is -0.820. The lowest BCUT2D eigenvalue weighted by Crippen LogP contribution is -2.54. The number of fused-ring (bicyclic) bond motifs is 5. The quantitative estimate of drug-likeness (QED) is 0.606. The first-order valence-corrected chi connectivity index (χ1v) is 10.6. The summed E-state index contributed by atoms with van der Waals surface area (Å²) in [6, 6.07) is 0. The molecule has 0 aromatic rings. The second-order valence-electron chi connectivity index (χ2n) is 9.86. The predicted octanol–water partition coefficient (Wildman–Crippen LogP) is 6.06. The third-order valence-electron chi connectivity index (χ3n) is 8.92. The lowest BCUT2D eigenvalue weighted by atomic mass is 9.48. The highest BCUT2D eigenvalue weighted by atomic mass is 16.3. The van der Waals surface area contributed by atoms with E-state index in [0.717, 1.165) is 42.1 Å². The van der Waals surface area contributed by atoms with Crippen LogP contribution in [0.25, 0.3) is 0 Å². The smallest absolute Gasteiger partial charge is 0.0910 e. The lowest BCUT2D eigenvalue weighted by molar-refractivity contribution is -0.108. The van der Waals surface area contributed by atoms with Crippen LogP contribution in [0.2, 0.25) is 0 Å². The van der Waals surface area contributed by atoms with Crippen molar-refractivity contribution >= 4 is 0 Å². The van der Waals surface area contributed by atoms with E-state index >= 15 is 0 Å². The largest absolute Gasteiger partial charge is 0.385 e. The first-order valence-electron chi connectivity index (χ1n) is 10.6. The Kier molecular flexibility index (Phi) is 4.11. The fourth-order valence-electron chi connectivity index (χ4n) is 7.58. The van der Waals surface area contributed by atoms with E-state index in [1.54, 1.807) is 5.57 Å². The van der Waals surface area contributed by atoms with E-state index in [0.29, 0.717) is 5.92 Å². The van der Waals surface area contributed by atoms with Gasteiger partial charge >= 0.3 is 0 Å². The van der Waals surface area contributed by atoms with Gasteiger partial charge in [0.2, 0.25) is 0 Å². The van der Waals surface area contributed by atoms with Gasteiger partial charge in [0.15, 0.2) is 0 Å². The van der Waals surface area contributed by atoms with Gasteiger partial charge in [-0.2, -0.15) is 0 Å². The maximum Gasteiger partial charge on any atom is 0.0910 e. The van der Waals surface area contributed by atoms with Gasteiger partial charge in [-0.15, -0.1) is 0 Å². The Bertz CT molecular complexity index is 628. The normalized spacial score (nSPS) is 49.0. The molecule has 4 rings (SSSR count). The average molecular weight is 341 g/mol. The monoisotopic (exact) mass is 340 g/mol. The minimum absolute atomic E-state index is 0.0367. The molecule has 138 valence electrons. The van der Waals surface area contributed by atoms with Gasteiger partial charge in [-0.1, -0.05) is 51.2 Å². The first kappa shape index (κ1) is 17.6. The number of rotatable bonds is 2. The molecule has 1 nitrogen and oxygen atoms in total. The number of allylic oxidation sites excluding steroid dienone is 3. The highest BCUT2D eigenvalue weighted by Gasteiger charge is 2.63. The van der Waals surface area contributed by atoms with Gasteiger partial charge in [0.1, 0.15) is 0 Å². The van der Waals surface area contributed by atoms with Crippen LogP contribution in [0, 0.1) is 35.0 Å². The van der Waals surface area contributed by atoms with Crippen molar-refractivity contribution in [1.29, 1.82) is 0 Å². The van der Waals surface area contributed by atoms with Crippen LogP contribution in [-0.4, -0.2) is 10.7 Å². The van der Waals surface area contributed by atoms with Crippen LogP contribution in [0.4, 0.5) is 0 Å². The van der Waals surface area contributed by atoms with E-state index in [1.165, 1.54) is 44.1 Å². The van der Waals surface area contributed by atoms with Crippen molar-refractivity contribution in [2.24, 2.45) is 35.0 Å². The molecular weight excluding hydrogens is 304 g/mol. The minimum Gasteiger partial charge on any atom is -0.385 e. The summed E-state index contributed by atoms with van der Waals surface area (Å²) in [5.74, 6) is 3.81. The van der Waals surface area contributed by atoms with E-state index in [9.17, 15) is 5.11 Å². The number of aliphatic hydroxyl groups is 1. The van der Waals surface area contributed by atoms with Gasteiger partial charge in [-0.05, 0) is 86.5 Å². The highest BCUT2D eigenvalue weighted by molar-refractivity contribution is 5.31. The van der Waals surface area contributed by atoms with Crippen molar-refractivity contribution in [2.75, 3.05) is 0 Å². The lowest BCUT2D eigenvalue weighted by Gasteiger charge is -2.58. The summed E-state index contributed by atoms with van der Waals surface area (Å²) < 4.78 is 0. The molecule has 1 heteroatoms. The molecule has 0 aromatic carbocycles. The molecule has 2 unspecified atom stereocenters. The standard InChI is InChI=1S/C24H36O/c1-6-17(4)24(25)12-10-21-22-16(3)14-18-13-15(2)7-8-19(18)20(22)9-11-23(21,24)5/h13,16,19-22,25H,2,4,6-12,14H2,1,3,5H3/t16?,19-,20+,21-,22+,23-,24?/m0/s1. The van der Waals surface area contributed by atoms with Gasteiger partial charge < -0.3 is 5.11 Å². The fraction of sp³-hybridized carbons (Fsp3) is 0.750. The Labute approximate surface area is 154 Å². The van der Waals surface area contributed by atoms with Crippen LogP contribution < -0.4 is 0 Å². The third kappa shape index (κ3) is 2.30. The van der Waals surface area contributed by atoms with Crippen LogP contribution >= 0.6 is 0 Å². The van der Waals surface area contributed by atoms with Crippen molar-refractivity contribution in [3.8, 4) is 0 Å². The highest BCUT2D eigenvalue weighted by Crippen LogP contribution is 2.67. The summed E-state index contributed by atoms with van der Waals surface area (Å²) in [6.07, 6.45) is 11.7. The first-order chi connectivity index (χ1) is 11.8. The SMILES string of the molecule is C=C1C=C2CC(C)[C@@H]3[C@H](CC[C@@]4(C)[C@H]3CCC4(O)C(=C)CC)[C@H]2CC1. The maximum absolute atomic E-state index is 11.6. The molecule has 4 aliphatic rings. The van der Waals surface area contributed by atoms with Crippen molar-refractivity contribution in [3.63, 3.8) is 0 Å². The Morgan fingerprint density at radius 1 is 1.28 bits per heavy atom. The number of hydrogen-bond donors (Lipinski definition) is 1. The van der Waals surface area contributed by atoms with Crippen LogP contribution in [0.5, 0.6) is 0 Å². The molecule has 3 fully saturated rings. The topological polar surface area (TPSA) is 20.2 Å². The number of hydrogen-bond acceptors (Lipinski definition) is 1. The van der Waals surface area contributed by atoms with Crippen LogP contribution in [0.15, 0.2) is 36.0 Å². The van der Waals surface area contributed by atoms with Gasteiger partial charge in [-0.25, -0.2) is 0 Å². The summed E-state index contributed by atoms with van der Waals surface area (Å²) in [5, 5.41) is 11.6. The van der Waals surface area contributed by atoms with Gasteiger partial charge in [0.05, 0.1) is 5.60 Å². The Morgan fingerprint density at radius 2 is 2.04 bits per heavy atom. The third-order valence-corrected chi connectivity index (χ3v) is 8.92. The Morgan fingerprint density at radius 3 is 2.76 bits per heavy atom. The van der Waals surface area contributed by atoms with Crippen LogP contribution in [0.3, 0.4) is 0 Å². The zero-order valence-electron chi connectivity index (χ0n) is 16.5. The Balaban J connectivity index is 1.68. The van der Waals surface area contributed by atoms with Crippen LogP contribution in [0.1, 0.15) is 72.1 Å². The van der Waals surface area contributed by atoms with Gasteiger partial charge in [-0.3, -0.25) is 0 Å². The van der Waals surface area contributed by atoms with E-state index < -0.39 is 5.60 Å². The van der Waals surface area contributed by atoms with Gasteiger partial charge in [0.25, 0.3) is 0 Å². The molecule has 0 saturated heterocycles. The molecule has 0 aromatic heterocycles. The molecule has 0 spiro atoms. The summed E-state index contributed by atoms with van der Waals surface area (Å²) in [7, 11) is 0. The summed E-state index contributed by atoms with van der Waals surface area (Å²) >= 11 is 0. The summed E-state index contributed by atoms with van der Waals surface area (Å²) in [6.45, 7) is 15.5. The molecule has 0 bridgehead atoms. The van der Waals surface area contributed by atoms with Crippen molar-refractivity contribution < 1.29 is 5.11 Å². The summed E-state index contributed by atoms with van der Waals surface area (Å²) in [5.41, 5.74) is 3.52. The molecule has 4 aliphatic carbocycles.